The van der Waals surface area contributed by atoms with Gasteiger partial charge in [0.05, 0.1) is 6.54 Å². The molecule has 0 aromatic carbocycles. The second-order valence-corrected chi connectivity index (χ2v) is 7.45. The standard InChI is InChI=1S/C19H37N5O/c1-4-15(3)22-18(25)10-12-21-19(20-5-2)23-16-11-13-24(14-16)17-8-6-7-9-17/h15-17H,4-14H2,1-3H3,(H,22,25)(H2,20,21,23). The molecule has 2 rings (SSSR count). The molecule has 0 aromatic rings. The van der Waals surface area contributed by atoms with Gasteiger partial charge in [-0.15, -0.1) is 0 Å². The molecular formula is C19H37N5O. The zero-order valence-corrected chi connectivity index (χ0v) is 16.3. The minimum Gasteiger partial charge on any atom is -0.357 e. The van der Waals surface area contributed by atoms with E-state index in [1.54, 1.807) is 0 Å². The smallest absolute Gasteiger partial charge is 0.222 e. The third-order valence-corrected chi connectivity index (χ3v) is 5.37. The van der Waals surface area contributed by atoms with Gasteiger partial charge in [-0.2, -0.15) is 0 Å². The maximum atomic E-state index is 11.9. The number of hydrogen-bond acceptors (Lipinski definition) is 3. The monoisotopic (exact) mass is 351 g/mol. The first-order valence-corrected chi connectivity index (χ1v) is 10.2. The van der Waals surface area contributed by atoms with E-state index in [4.69, 9.17) is 0 Å². The highest BCUT2D eigenvalue weighted by Gasteiger charge is 2.30. The Hall–Kier alpha value is -1.30. The Bertz CT molecular complexity index is 434. The number of nitrogens with zero attached hydrogens (tertiary/aromatic N) is 2. The quantitative estimate of drug-likeness (QED) is 0.461. The summed E-state index contributed by atoms with van der Waals surface area (Å²) in [7, 11) is 0. The van der Waals surface area contributed by atoms with Gasteiger partial charge in [-0.25, -0.2) is 0 Å². The van der Waals surface area contributed by atoms with Crippen molar-refractivity contribution in [2.75, 3.05) is 26.2 Å². The Morgan fingerprint density at radius 3 is 2.68 bits per heavy atom. The Kier molecular flexibility index (Phi) is 8.52. The summed E-state index contributed by atoms with van der Waals surface area (Å²) in [5, 5.41) is 9.86. The molecule has 1 aliphatic heterocycles. The van der Waals surface area contributed by atoms with Gasteiger partial charge in [0.15, 0.2) is 5.96 Å². The molecule has 6 nitrogen and oxygen atoms in total. The number of hydrogen-bond donors (Lipinski definition) is 3. The van der Waals surface area contributed by atoms with Crippen molar-refractivity contribution >= 4 is 11.9 Å². The highest BCUT2D eigenvalue weighted by Crippen LogP contribution is 2.26. The fraction of sp³-hybridized carbons (Fsp3) is 0.895. The van der Waals surface area contributed by atoms with Crippen LogP contribution >= 0.6 is 0 Å². The van der Waals surface area contributed by atoms with Gasteiger partial charge in [0.1, 0.15) is 0 Å². The highest BCUT2D eigenvalue weighted by molar-refractivity contribution is 5.81. The third kappa shape index (κ3) is 6.84. The summed E-state index contributed by atoms with van der Waals surface area (Å²) < 4.78 is 0. The molecule has 2 atom stereocenters. The predicted octanol–water partition coefficient (Wildman–Crippen LogP) is 1.86. The molecule has 2 fully saturated rings. The average Bonchev–Trinajstić information content (AvgIpc) is 3.26. The van der Waals surface area contributed by atoms with Gasteiger partial charge in [-0.05, 0) is 39.5 Å². The minimum absolute atomic E-state index is 0.0854. The highest BCUT2D eigenvalue weighted by atomic mass is 16.1. The van der Waals surface area contributed by atoms with Crippen LogP contribution in [0.2, 0.25) is 0 Å². The normalized spacial score (nSPS) is 23.6. The van der Waals surface area contributed by atoms with E-state index < -0.39 is 0 Å². The Labute approximate surface area is 153 Å². The SMILES string of the molecule is CCNC(=NCCC(=O)NC(C)CC)NC1CCN(C2CCCC2)C1. The average molecular weight is 352 g/mol. The summed E-state index contributed by atoms with van der Waals surface area (Å²) in [5.41, 5.74) is 0. The number of carbonyl (C=O) groups is 1. The van der Waals surface area contributed by atoms with Crippen molar-refractivity contribution in [2.24, 2.45) is 4.99 Å². The van der Waals surface area contributed by atoms with Crippen molar-refractivity contribution in [1.29, 1.82) is 0 Å². The maximum Gasteiger partial charge on any atom is 0.222 e. The second kappa shape index (κ2) is 10.6. The van der Waals surface area contributed by atoms with E-state index in [-0.39, 0.29) is 11.9 Å². The zero-order chi connectivity index (χ0) is 18.1. The van der Waals surface area contributed by atoms with E-state index in [1.165, 1.54) is 38.6 Å². The maximum absolute atomic E-state index is 11.9. The van der Waals surface area contributed by atoms with Crippen LogP contribution in [-0.4, -0.2) is 61.1 Å². The van der Waals surface area contributed by atoms with E-state index in [0.717, 1.165) is 31.5 Å². The molecule has 1 saturated carbocycles. The first-order valence-electron chi connectivity index (χ1n) is 10.2. The lowest BCUT2D eigenvalue weighted by atomic mass is 10.2. The number of aliphatic imine (C=N–C) groups is 1. The molecule has 0 spiro atoms. The van der Waals surface area contributed by atoms with Gasteiger partial charge >= 0.3 is 0 Å². The number of rotatable bonds is 8. The van der Waals surface area contributed by atoms with Crippen molar-refractivity contribution < 1.29 is 4.79 Å². The van der Waals surface area contributed by atoms with Crippen LogP contribution in [0.3, 0.4) is 0 Å². The largest absolute Gasteiger partial charge is 0.357 e. The minimum atomic E-state index is 0.0854. The second-order valence-electron chi connectivity index (χ2n) is 7.45. The molecular weight excluding hydrogens is 314 g/mol. The molecule has 3 N–H and O–H groups in total. The molecule has 0 radical (unpaired) electrons. The third-order valence-electron chi connectivity index (χ3n) is 5.37. The molecule has 144 valence electrons. The molecule has 2 aliphatic rings. The lowest BCUT2D eigenvalue weighted by molar-refractivity contribution is -0.121. The van der Waals surface area contributed by atoms with Crippen LogP contribution in [0.15, 0.2) is 4.99 Å². The van der Waals surface area contributed by atoms with Gasteiger partial charge in [-0.3, -0.25) is 14.7 Å². The van der Waals surface area contributed by atoms with E-state index in [2.05, 4.69) is 39.7 Å². The molecule has 25 heavy (non-hydrogen) atoms. The van der Waals surface area contributed by atoms with Gasteiger partial charge in [-0.1, -0.05) is 19.8 Å². The molecule has 6 heteroatoms. The van der Waals surface area contributed by atoms with Crippen LogP contribution in [-0.2, 0) is 4.79 Å². The van der Waals surface area contributed by atoms with Crippen molar-refractivity contribution in [3.63, 3.8) is 0 Å². The van der Waals surface area contributed by atoms with Crippen LogP contribution in [0.1, 0.15) is 65.7 Å². The topological polar surface area (TPSA) is 68.8 Å². The summed E-state index contributed by atoms with van der Waals surface area (Å²) >= 11 is 0. The number of carbonyl (C=O) groups excluding carboxylic acids is 1. The molecule has 1 amide bonds. The number of likely N-dealkylation sites (tertiary alicyclic amines) is 1. The van der Waals surface area contributed by atoms with Gasteiger partial charge in [0.2, 0.25) is 5.91 Å². The Balaban J connectivity index is 1.74. The first-order chi connectivity index (χ1) is 12.1. The van der Waals surface area contributed by atoms with Crippen molar-refractivity contribution in [2.45, 2.75) is 83.8 Å². The molecule has 0 bridgehead atoms. The van der Waals surface area contributed by atoms with Gasteiger partial charge in [0.25, 0.3) is 0 Å². The van der Waals surface area contributed by atoms with Gasteiger partial charge in [0, 0.05) is 44.2 Å². The fourth-order valence-electron chi connectivity index (χ4n) is 3.74. The first kappa shape index (κ1) is 20.0. The van der Waals surface area contributed by atoms with E-state index >= 15 is 0 Å². The lowest BCUT2D eigenvalue weighted by Crippen LogP contribution is -2.45. The van der Waals surface area contributed by atoms with Crippen LogP contribution in [0.25, 0.3) is 0 Å². The van der Waals surface area contributed by atoms with Crippen LogP contribution in [0.5, 0.6) is 0 Å². The van der Waals surface area contributed by atoms with Crippen molar-refractivity contribution in [1.82, 2.24) is 20.9 Å². The van der Waals surface area contributed by atoms with E-state index in [0.29, 0.717) is 19.0 Å². The number of nitrogens with one attached hydrogen (secondary N) is 3. The Morgan fingerprint density at radius 2 is 2.00 bits per heavy atom. The summed E-state index contributed by atoms with van der Waals surface area (Å²) in [6.07, 6.45) is 8.09. The molecule has 1 saturated heterocycles. The van der Waals surface area contributed by atoms with E-state index in [1.807, 2.05) is 6.92 Å². The summed E-state index contributed by atoms with van der Waals surface area (Å²) in [4.78, 5) is 19.1. The summed E-state index contributed by atoms with van der Waals surface area (Å²) in [6, 6.07) is 1.51. The Morgan fingerprint density at radius 1 is 1.24 bits per heavy atom. The molecule has 2 unspecified atom stereocenters. The molecule has 0 aromatic heterocycles. The zero-order valence-electron chi connectivity index (χ0n) is 16.3. The number of amides is 1. The molecule has 1 aliphatic carbocycles. The van der Waals surface area contributed by atoms with Crippen LogP contribution in [0.4, 0.5) is 0 Å². The van der Waals surface area contributed by atoms with Crippen molar-refractivity contribution in [3.05, 3.63) is 0 Å². The van der Waals surface area contributed by atoms with Crippen LogP contribution in [0, 0.1) is 0 Å². The van der Waals surface area contributed by atoms with Crippen LogP contribution < -0.4 is 16.0 Å². The predicted molar refractivity (Wildman–Crippen MR) is 104 cm³/mol. The fourth-order valence-corrected chi connectivity index (χ4v) is 3.74. The van der Waals surface area contributed by atoms with E-state index in [9.17, 15) is 4.79 Å². The summed E-state index contributed by atoms with van der Waals surface area (Å²) in [6.45, 7) is 9.85. The lowest BCUT2D eigenvalue weighted by Gasteiger charge is -2.24. The molecule has 1 heterocycles. The van der Waals surface area contributed by atoms with Crippen molar-refractivity contribution in [3.8, 4) is 0 Å². The summed E-state index contributed by atoms with van der Waals surface area (Å²) in [5.74, 6) is 0.930. The number of guanidine groups is 1. The van der Waals surface area contributed by atoms with Gasteiger partial charge < -0.3 is 16.0 Å².